The molecule has 1 aromatic heterocycles. The van der Waals surface area contributed by atoms with Crippen molar-refractivity contribution in [3.8, 4) is 5.69 Å². The molecule has 1 aliphatic rings. The molecule has 2 amide bonds. The molecule has 3 rings (SSSR count). The molecule has 2 aromatic rings. The zero-order valence-electron chi connectivity index (χ0n) is 13.0. The van der Waals surface area contributed by atoms with E-state index in [4.69, 9.17) is 5.11 Å². The molecule has 0 aliphatic carbocycles. The molecular weight excluding hydrogens is 312 g/mol. The molecule has 2 N–H and O–H groups in total. The van der Waals surface area contributed by atoms with Crippen molar-refractivity contribution in [2.75, 3.05) is 18.9 Å². The average Bonchev–Trinajstić information content (AvgIpc) is 3.16. The van der Waals surface area contributed by atoms with Crippen LogP contribution in [-0.2, 0) is 9.59 Å². The maximum atomic E-state index is 12.4. The van der Waals surface area contributed by atoms with Gasteiger partial charge in [-0.2, -0.15) is 5.10 Å². The predicted octanol–water partition coefficient (Wildman–Crippen LogP) is 0.987. The molecule has 0 bridgehead atoms. The molecule has 24 heavy (non-hydrogen) atoms. The fourth-order valence-corrected chi connectivity index (χ4v) is 2.63. The molecule has 2 heterocycles. The van der Waals surface area contributed by atoms with Crippen LogP contribution in [0.3, 0.4) is 0 Å². The number of para-hydroxylation sites is 2. The maximum absolute atomic E-state index is 12.4. The first-order chi connectivity index (χ1) is 11.5. The Morgan fingerprint density at radius 1 is 1.29 bits per heavy atom. The number of hydrogen-bond acceptors (Lipinski definition) is 4. The third kappa shape index (κ3) is 2.98. The number of anilines is 1. The van der Waals surface area contributed by atoms with Crippen molar-refractivity contribution in [1.82, 2.24) is 14.7 Å². The first-order valence-corrected chi connectivity index (χ1v) is 7.39. The van der Waals surface area contributed by atoms with Crippen LogP contribution in [0.5, 0.6) is 0 Å². The van der Waals surface area contributed by atoms with Gasteiger partial charge < -0.3 is 15.3 Å². The van der Waals surface area contributed by atoms with Crippen LogP contribution >= 0.6 is 0 Å². The lowest BCUT2D eigenvalue weighted by Gasteiger charge is -2.14. The highest BCUT2D eigenvalue weighted by Crippen LogP contribution is 2.23. The molecule has 1 fully saturated rings. The normalized spacial score (nSPS) is 17.1. The van der Waals surface area contributed by atoms with Crippen molar-refractivity contribution in [2.45, 2.75) is 6.42 Å². The van der Waals surface area contributed by atoms with Crippen LogP contribution in [0.1, 0.15) is 16.9 Å². The molecule has 0 saturated carbocycles. The van der Waals surface area contributed by atoms with E-state index < -0.39 is 11.9 Å². The van der Waals surface area contributed by atoms with E-state index >= 15 is 0 Å². The topological polar surface area (TPSA) is 105 Å². The lowest BCUT2D eigenvalue weighted by atomic mass is 10.1. The van der Waals surface area contributed by atoms with E-state index in [0.29, 0.717) is 17.9 Å². The van der Waals surface area contributed by atoms with Gasteiger partial charge in [0.15, 0.2) is 5.69 Å². The summed E-state index contributed by atoms with van der Waals surface area (Å²) in [5.41, 5.74) is 0.972. The van der Waals surface area contributed by atoms with Gasteiger partial charge in [0, 0.05) is 26.2 Å². The Kier molecular flexibility index (Phi) is 4.03. The van der Waals surface area contributed by atoms with Crippen LogP contribution < -0.4 is 5.32 Å². The van der Waals surface area contributed by atoms with E-state index in [1.165, 1.54) is 21.8 Å². The summed E-state index contributed by atoms with van der Waals surface area (Å²) < 4.78 is 1.39. The van der Waals surface area contributed by atoms with E-state index in [1.54, 1.807) is 31.3 Å². The number of hydrogen-bond donors (Lipinski definition) is 2. The number of carbonyl (C=O) groups excluding carboxylic acids is 2. The molecule has 0 radical (unpaired) electrons. The van der Waals surface area contributed by atoms with Crippen LogP contribution in [0.25, 0.3) is 5.69 Å². The van der Waals surface area contributed by atoms with Gasteiger partial charge in [-0.3, -0.25) is 9.59 Å². The van der Waals surface area contributed by atoms with E-state index in [0.717, 1.165) is 0 Å². The Labute approximate surface area is 137 Å². The highest BCUT2D eigenvalue weighted by Gasteiger charge is 2.32. The first-order valence-electron chi connectivity index (χ1n) is 7.39. The van der Waals surface area contributed by atoms with Crippen molar-refractivity contribution in [1.29, 1.82) is 0 Å². The number of carboxylic acid groups (broad SMARTS) is 1. The van der Waals surface area contributed by atoms with Crippen molar-refractivity contribution in [3.63, 3.8) is 0 Å². The molecule has 1 aliphatic heterocycles. The standard InChI is InChI=1S/C16H16N4O4/c1-19-9-10(8-14(19)21)15(22)17-11-4-2-3-5-13(11)20-7-6-12(18-20)16(23)24/h2-7,10H,8-9H2,1H3,(H,17,22)(H,23,24). The van der Waals surface area contributed by atoms with Crippen LogP contribution in [-0.4, -0.2) is 51.2 Å². The van der Waals surface area contributed by atoms with Gasteiger partial charge in [0.25, 0.3) is 0 Å². The van der Waals surface area contributed by atoms with Crippen molar-refractivity contribution in [2.24, 2.45) is 5.92 Å². The smallest absolute Gasteiger partial charge is 0.356 e. The Bertz CT molecular complexity index is 814. The number of aromatic carboxylic acids is 1. The number of benzene rings is 1. The molecule has 8 heteroatoms. The van der Waals surface area contributed by atoms with E-state index in [2.05, 4.69) is 10.4 Å². The van der Waals surface area contributed by atoms with Gasteiger partial charge in [0.05, 0.1) is 17.3 Å². The molecule has 1 aromatic carbocycles. The minimum atomic E-state index is -1.12. The number of rotatable bonds is 4. The third-order valence-electron chi connectivity index (χ3n) is 3.93. The predicted molar refractivity (Wildman–Crippen MR) is 84.9 cm³/mol. The van der Waals surface area contributed by atoms with Gasteiger partial charge in [-0.05, 0) is 18.2 Å². The quantitative estimate of drug-likeness (QED) is 0.871. The number of carbonyl (C=O) groups is 3. The second kappa shape index (κ2) is 6.15. The van der Waals surface area contributed by atoms with Gasteiger partial charge in [-0.1, -0.05) is 12.1 Å². The average molecular weight is 328 g/mol. The number of aromatic nitrogens is 2. The fourth-order valence-electron chi connectivity index (χ4n) is 2.63. The van der Waals surface area contributed by atoms with Crippen molar-refractivity contribution >= 4 is 23.5 Å². The Morgan fingerprint density at radius 2 is 2.04 bits per heavy atom. The minimum absolute atomic E-state index is 0.0541. The van der Waals surface area contributed by atoms with Gasteiger partial charge >= 0.3 is 5.97 Å². The SMILES string of the molecule is CN1CC(C(=O)Nc2ccccc2-n2ccc(C(=O)O)n2)CC1=O. The van der Waals surface area contributed by atoms with E-state index in [1.807, 2.05) is 0 Å². The summed E-state index contributed by atoms with van der Waals surface area (Å²) in [7, 11) is 1.67. The van der Waals surface area contributed by atoms with Gasteiger partial charge in [0.1, 0.15) is 0 Å². The second-order valence-electron chi connectivity index (χ2n) is 5.63. The Morgan fingerprint density at radius 3 is 2.67 bits per heavy atom. The molecular formula is C16H16N4O4. The molecule has 8 nitrogen and oxygen atoms in total. The Balaban J connectivity index is 1.83. The molecule has 0 spiro atoms. The third-order valence-corrected chi connectivity index (χ3v) is 3.93. The maximum Gasteiger partial charge on any atom is 0.356 e. The summed E-state index contributed by atoms with van der Waals surface area (Å²) >= 11 is 0. The largest absolute Gasteiger partial charge is 0.476 e. The summed E-state index contributed by atoms with van der Waals surface area (Å²) in [5.74, 6) is -1.82. The fraction of sp³-hybridized carbons (Fsp3) is 0.250. The van der Waals surface area contributed by atoms with E-state index in [9.17, 15) is 14.4 Å². The Hall–Kier alpha value is -3.16. The monoisotopic (exact) mass is 328 g/mol. The summed E-state index contributed by atoms with van der Waals surface area (Å²) in [6.07, 6.45) is 1.71. The highest BCUT2D eigenvalue weighted by atomic mass is 16.4. The summed E-state index contributed by atoms with van der Waals surface area (Å²) in [4.78, 5) is 36.5. The van der Waals surface area contributed by atoms with Gasteiger partial charge in [-0.25, -0.2) is 9.48 Å². The summed E-state index contributed by atoms with van der Waals surface area (Å²) in [6, 6.07) is 8.33. The zero-order valence-corrected chi connectivity index (χ0v) is 13.0. The number of likely N-dealkylation sites (tertiary alicyclic amines) is 1. The van der Waals surface area contributed by atoms with Crippen LogP contribution in [0.15, 0.2) is 36.5 Å². The van der Waals surface area contributed by atoms with Gasteiger partial charge in [-0.15, -0.1) is 0 Å². The van der Waals surface area contributed by atoms with Gasteiger partial charge in [0.2, 0.25) is 11.8 Å². The lowest BCUT2D eigenvalue weighted by molar-refractivity contribution is -0.127. The molecule has 124 valence electrons. The summed E-state index contributed by atoms with van der Waals surface area (Å²) in [5, 5.41) is 15.7. The van der Waals surface area contributed by atoms with Crippen LogP contribution in [0.4, 0.5) is 5.69 Å². The van der Waals surface area contributed by atoms with Crippen LogP contribution in [0, 0.1) is 5.92 Å². The first kappa shape index (κ1) is 15.7. The molecule has 1 saturated heterocycles. The zero-order chi connectivity index (χ0) is 17.3. The molecule has 1 atom stereocenters. The minimum Gasteiger partial charge on any atom is -0.476 e. The number of nitrogens with one attached hydrogen (secondary N) is 1. The molecule has 1 unspecified atom stereocenters. The van der Waals surface area contributed by atoms with Crippen molar-refractivity contribution < 1.29 is 19.5 Å². The van der Waals surface area contributed by atoms with Crippen molar-refractivity contribution in [3.05, 3.63) is 42.2 Å². The number of nitrogens with zero attached hydrogens (tertiary/aromatic N) is 3. The highest BCUT2D eigenvalue weighted by molar-refractivity contribution is 5.98. The summed E-state index contributed by atoms with van der Waals surface area (Å²) in [6.45, 7) is 0.387. The lowest BCUT2D eigenvalue weighted by Crippen LogP contribution is -2.26. The number of amides is 2. The van der Waals surface area contributed by atoms with Crippen LogP contribution in [0.2, 0.25) is 0 Å². The van der Waals surface area contributed by atoms with E-state index in [-0.39, 0.29) is 23.9 Å². The second-order valence-corrected chi connectivity index (χ2v) is 5.63. The number of carboxylic acids is 1.